The fourth-order valence-corrected chi connectivity index (χ4v) is 0.499. The number of hydrogen-bond acceptors (Lipinski definition) is 1. The third-order valence-electron chi connectivity index (χ3n) is 0.933. The summed E-state index contributed by atoms with van der Waals surface area (Å²) >= 11 is 5.71. The van der Waals surface area contributed by atoms with E-state index in [0.29, 0.717) is 6.42 Å². The lowest BCUT2D eigenvalue weighted by molar-refractivity contribution is -0.137. The van der Waals surface area contributed by atoms with E-state index < -0.39 is 5.97 Å². The normalized spacial score (nSPS) is 11.4. The number of carbonyl (C=O) groups is 1. The Balaban J connectivity index is 3.39. The summed E-state index contributed by atoms with van der Waals surface area (Å²) in [4.78, 5) is 9.61. The van der Waals surface area contributed by atoms with Crippen molar-refractivity contribution in [2.45, 2.75) is 31.6 Å². The minimum absolute atomic E-state index is 0.149. The van der Waals surface area contributed by atoms with Gasteiger partial charge in [0.25, 0.3) is 0 Å². The highest BCUT2D eigenvalue weighted by Gasteiger charge is 2.14. The lowest BCUT2D eigenvalue weighted by Crippen LogP contribution is -2.12. The fourth-order valence-electron chi connectivity index (χ4n) is 0.404. The molecule has 9 heavy (non-hydrogen) atoms. The van der Waals surface area contributed by atoms with E-state index in [-0.39, 0.29) is 11.3 Å². The molecule has 0 aromatic rings. The van der Waals surface area contributed by atoms with Gasteiger partial charge in [0.05, 0.1) is 0 Å². The molecule has 0 saturated heterocycles. The second-order valence-corrected chi connectivity index (χ2v) is 3.64. The van der Waals surface area contributed by atoms with Crippen LogP contribution in [-0.4, -0.2) is 16.0 Å². The molecule has 0 rings (SSSR count). The zero-order valence-electron chi connectivity index (χ0n) is 5.65. The van der Waals surface area contributed by atoms with E-state index in [1.165, 1.54) is 0 Å². The molecule has 0 bridgehead atoms. The Morgan fingerprint density at radius 3 is 2.22 bits per heavy atom. The van der Waals surface area contributed by atoms with Crippen molar-refractivity contribution < 1.29 is 9.90 Å². The van der Waals surface area contributed by atoms with Crippen LogP contribution in [0, 0.1) is 0 Å². The average Bonchev–Trinajstić information content (AvgIpc) is 1.59. The van der Waals surface area contributed by atoms with Crippen molar-refractivity contribution in [1.29, 1.82) is 0 Å². The molecule has 0 saturated carbocycles. The minimum Gasteiger partial charge on any atom is -0.481 e. The summed E-state index contributed by atoms with van der Waals surface area (Å²) in [5, 5.41) is 8.22. The topological polar surface area (TPSA) is 37.3 Å². The second kappa shape index (κ2) is 3.06. The van der Waals surface area contributed by atoms with Crippen molar-refractivity contribution in [3.8, 4) is 0 Å². The van der Waals surface area contributed by atoms with Crippen molar-refractivity contribution in [3.05, 3.63) is 0 Å². The lowest BCUT2D eigenvalue weighted by Gasteiger charge is -2.12. The van der Waals surface area contributed by atoms with Crippen LogP contribution in [0.4, 0.5) is 0 Å². The Hall–Kier alpha value is -0.240. The maximum absolute atomic E-state index is 9.99. The van der Waals surface area contributed by atoms with Gasteiger partial charge >= 0.3 is 5.97 Å². The van der Waals surface area contributed by atoms with E-state index in [1.54, 1.807) is 13.8 Å². The molecule has 0 spiro atoms. The molecule has 54 valence electrons. The highest BCUT2D eigenvalue weighted by atomic mass is 35.5. The summed E-state index contributed by atoms with van der Waals surface area (Å²) in [5.41, 5.74) is 0. The maximum Gasteiger partial charge on any atom is 0.303 e. The third kappa shape index (κ3) is 7.76. The summed E-state index contributed by atoms with van der Waals surface area (Å²) in [7, 11) is 0. The van der Waals surface area contributed by atoms with Gasteiger partial charge in [-0.05, 0) is 20.3 Å². The summed E-state index contributed by atoms with van der Waals surface area (Å²) in [6.07, 6.45) is 0.667. The quantitative estimate of drug-likeness (QED) is 0.624. The summed E-state index contributed by atoms with van der Waals surface area (Å²) in [6.45, 7) is 3.61. The monoisotopic (exact) mass is 150 g/mol. The molecule has 3 heteroatoms. The Labute approximate surface area is 59.8 Å². The molecular weight excluding hydrogens is 140 g/mol. The predicted octanol–water partition coefficient (Wildman–Crippen LogP) is 1.87. The van der Waals surface area contributed by atoms with E-state index in [4.69, 9.17) is 16.7 Å². The molecule has 1 N–H and O–H groups in total. The number of hydrogen-bond donors (Lipinski definition) is 1. The Bertz CT molecular complexity index is 104. The van der Waals surface area contributed by atoms with E-state index in [0.717, 1.165) is 0 Å². The van der Waals surface area contributed by atoms with Crippen LogP contribution in [0.5, 0.6) is 0 Å². The number of aliphatic carboxylic acids is 1. The van der Waals surface area contributed by atoms with Crippen LogP contribution < -0.4 is 0 Å². The van der Waals surface area contributed by atoms with E-state index >= 15 is 0 Å². The summed E-state index contributed by atoms with van der Waals surface area (Å²) in [5.74, 6) is -0.788. The number of carboxylic acid groups (broad SMARTS) is 1. The molecular formula is C6H11ClO2. The molecule has 0 aromatic carbocycles. The largest absolute Gasteiger partial charge is 0.481 e. The summed E-state index contributed by atoms with van der Waals surface area (Å²) < 4.78 is 0. The maximum atomic E-state index is 9.99. The van der Waals surface area contributed by atoms with Gasteiger partial charge in [-0.15, -0.1) is 11.6 Å². The first-order chi connectivity index (χ1) is 3.92. The number of halogens is 1. The van der Waals surface area contributed by atoms with Gasteiger partial charge in [-0.2, -0.15) is 0 Å². The molecule has 0 aromatic heterocycles. The first-order valence-electron chi connectivity index (χ1n) is 2.82. The predicted molar refractivity (Wildman–Crippen MR) is 36.8 cm³/mol. The fraction of sp³-hybridized carbons (Fsp3) is 0.833. The van der Waals surface area contributed by atoms with E-state index in [9.17, 15) is 4.79 Å². The highest BCUT2D eigenvalue weighted by molar-refractivity contribution is 6.23. The SMILES string of the molecule is CC(C)(Cl)CCC(=O)O. The molecule has 0 aliphatic heterocycles. The molecule has 0 amide bonds. The van der Waals surface area contributed by atoms with Gasteiger partial charge in [-0.25, -0.2) is 0 Å². The van der Waals surface area contributed by atoms with Gasteiger partial charge in [0.1, 0.15) is 0 Å². The van der Waals surface area contributed by atoms with Crippen molar-refractivity contribution in [2.24, 2.45) is 0 Å². The van der Waals surface area contributed by atoms with Crippen LogP contribution in [0.1, 0.15) is 26.7 Å². The zero-order chi connectivity index (χ0) is 7.49. The van der Waals surface area contributed by atoms with Gasteiger partial charge < -0.3 is 5.11 Å². The number of rotatable bonds is 3. The van der Waals surface area contributed by atoms with Crippen LogP contribution in [0.3, 0.4) is 0 Å². The molecule has 0 fully saturated rings. The number of carboxylic acids is 1. The average molecular weight is 151 g/mol. The van der Waals surface area contributed by atoms with Crippen molar-refractivity contribution in [3.63, 3.8) is 0 Å². The van der Waals surface area contributed by atoms with Gasteiger partial charge in [0.15, 0.2) is 0 Å². The van der Waals surface area contributed by atoms with E-state index in [2.05, 4.69) is 0 Å². The smallest absolute Gasteiger partial charge is 0.303 e. The van der Waals surface area contributed by atoms with Gasteiger partial charge in [0, 0.05) is 11.3 Å². The van der Waals surface area contributed by atoms with Crippen molar-refractivity contribution in [2.75, 3.05) is 0 Å². The molecule has 0 atom stereocenters. The first kappa shape index (κ1) is 8.76. The van der Waals surface area contributed by atoms with Crippen LogP contribution in [0.15, 0.2) is 0 Å². The first-order valence-corrected chi connectivity index (χ1v) is 3.20. The third-order valence-corrected chi connectivity index (χ3v) is 1.12. The Morgan fingerprint density at radius 1 is 1.67 bits per heavy atom. The molecule has 2 nitrogen and oxygen atoms in total. The molecule has 0 aliphatic carbocycles. The molecule has 0 aliphatic rings. The minimum atomic E-state index is -0.788. The van der Waals surface area contributed by atoms with E-state index in [1.807, 2.05) is 0 Å². The van der Waals surface area contributed by atoms with Gasteiger partial charge in [0.2, 0.25) is 0 Å². The molecule has 0 unspecified atom stereocenters. The van der Waals surface area contributed by atoms with Crippen LogP contribution >= 0.6 is 11.6 Å². The van der Waals surface area contributed by atoms with Crippen molar-refractivity contribution >= 4 is 17.6 Å². The van der Waals surface area contributed by atoms with Crippen LogP contribution in [-0.2, 0) is 4.79 Å². The number of alkyl halides is 1. The van der Waals surface area contributed by atoms with Crippen molar-refractivity contribution in [1.82, 2.24) is 0 Å². The summed E-state index contributed by atoms with van der Waals surface area (Å²) in [6, 6.07) is 0. The van der Waals surface area contributed by atoms with Gasteiger partial charge in [-0.1, -0.05) is 0 Å². The zero-order valence-corrected chi connectivity index (χ0v) is 6.40. The molecule has 0 heterocycles. The van der Waals surface area contributed by atoms with Crippen LogP contribution in [0.25, 0.3) is 0 Å². The lowest BCUT2D eigenvalue weighted by atomic mass is 10.1. The Morgan fingerprint density at radius 2 is 2.11 bits per heavy atom. The standard InChI is InChI=1S/C6H11ClO2/c1-6(2,7)4-3-5(8)9/h3-4H2,1-2H3,(H,8,9). The van der Waals surface area contributed by atoms with Gasteiger partial charge in [-0.3, -0.25) is 4.79 Å². The van der Waals surface area contributed by atoms with Crippen LogP contribution in [0.2, 0.25) is 0 Å². The molecule has 0 radical (unpaired) electrons. The Kier molecular flexibility index (Phi) is 2.98. The highest BCUT2D eigenvalue weighted by Crippen LogP contribution is 2.18. The second-order valence-electron chi connectivity index (χ2n) is 2.61.